The van der Waals surface area contributed by atoms with Crippen LogP contribution in [0, 0.1) is 6.92 Å². The minimum atomic E-state index is -4.57. The Bertz CT molecular complexity index is 885. The number of esters is 1. The zero-order valence-electron chi connectivity index (χ0n) is 15.5. The Morgan fingerprint density at radius 3 is 2.71 bits per heavy atom. The zero-order chi connectivity index (χ0) is 20.9. The number of benzene rings is 1. The van der Waals surface area contributed by atoms with Crippen LogP contribution in [0.25, 0.3) is 0 Å². The summed E-state index contributed by atoms with van der Waals surface area (Å²) in [5, 5.41) is 0.146. The molecule has 9 heteroatoms. The number of rotatable bonds is 6. The molecule has 0 N–H and O–H groups in total. The van der Waals surface area contributed by atoms with Gasteiger partial charge in [-0.2, -0.15) is 13.2 Å². The zero-order valence-corrected chi connectivity index (χ0v) is 16.3. The summed E-state index contributed by atoms with van der Waals surface area (Å²) in [5.74, 6) is -0.736. The van der Waals surface area contributed by atoms with Crippen LogP contribution in [-0.2, 0) is 17.5 Å². The predicted molar refractivity (Wildman–Crippen MR) is 101 cm³/mol. The van der Waals surface area contributed by atoms with Crippen molar-refractivity contribution < 1.29 is 22.7 Å². The summed E-state index contributed by atoms with van der Waals surface area (Å²) in [6, 6.07) is 5.26. The molecule has 0 bridgehead atoms. The molecule has 0 saturated heterocycles. The molecule has 0 aliphatic carbocycles. The predicted octanol–water partition coefficient (Wildman–Crippen LogP) is 5.03. The highest BCUT2D eigenvalue weighted by molar-refractivity contribution is 6.33. The van der Waals surface area contributed by atoms with Gasteiger partial charge in [-0.15, -0.1) is 0 Å². The van der Waals surface area contributed by atoms with Crippen molar-refractivity contribution in [1.82, 2.24) is 9.88 Å². The molecule has 0 aliphatic rings. The largest absolute Gasteiger partial charge is 0.457 e. The fraction of sp³-hybridized carbons (Fsp3) is 0.316. The molecular formula is C19H19ClF3N3O2. The summed E-state index contributed by atoms with van der Waals surface area (Å²) in [7, 11) is 1.87. The van der Waals surface area contributed by atoms with E-state index in [-0.39, 0.29) is 22.8 Å². The van der Waals surface area contributed by atoms with Crippen LogP contribution >= 0.6 is 11.6 Å². The highest BCUT2D eigenvalue weighted by Gasteiger charge is 2.32. The molecule has 0 spiro atoms. The molecule has 0 fully saturated rings. The second kappa shape index (κ2) is 9.05. The molecule has 0 aliphatic heterocycles. The van der Waals surface area contributed by atoms with E-state index in [1.807, 2.05) is 18.9 Å². The molecule has 150 valence electrons. The van der Waals surface area contributed by atoms with Crippen LogP contribution in [-0.4, -0.2) is 35.8 Å². The topological polar surface area (TPSA) is 54.8 Å². The van der Waals surface area contributed by atoms with Gasteiger partial charge in [0.2, 0.25) is 0 Å². The minimum Gasteiger partial charge on any atom is -0.457 e. The molecule has 2 aromatic rings. The average Bonchev–Trinajstić information content (AvgIpc) is 2.65. The number of carbonyl (C=O) groups excluding carboxylic acids is 1. The fourth-order valence-corrected chi connectivity index (χ4v) is 2.39. The number of aromatic nitrogens is 1. The van der Waals surface area contributed by atoms with E-state index in [0.29, 0.717) is 11.3 Å². The lowest BCUT2D eigenvalue weighted by molar-refractivity contribution is -0.141. The van der Waals surface area contributed by atoms with E-state index in [4.69, 9.17) is 16.3 Å². The average molecular weight is 414 g/mol. The Hall–Kier alpha value is -2.61. The highest BCUT2D eigenvalue weighted by atomic mass is 35.5. The number of ether oxygens (including phenoxy) is 1. The van der Waals surface area contributed by atoms with Gasteiger partial charge in [0.15, 0.2) is 0 Å². The summed E-state index contributed by atoms with van der Waals surface area (Å²) in [6.45, 7) is 4.20. The number of hydrogen-bond acceptors (Lipinski definition) is 4. The third-order valence-electron chi connectivity index (χ3n) is 3.88. The van der Waals surface area contributed by atoms with Crippen molar-refractivity contribution in [3.05, 3.63) is 57.9 Å². The van der Waals surface area contributed by atoms with Gasteiger partial charge < -0.3 is 9.64 Å². The van der Waals surface area contributed by atoms with Crippen molar-refractivity contribution >= 4 is 29.6 Å². The molecule has 0 atom stereocenters. The second-order valence-corrected chi connectivity index (χ2v) is 6.47. The Balaban J connectivity index is 2.13. The van der Waals surface area contributed by atoms with Crippen LogP contribution in [0.4, 0.5) is 18.9 Å². The first kappa shape index (κ1) is 21.7. The van der Waals surface area contributed by atoms with Crippen LogP contribution in [0.1, 0.15) is 34.1 Å². The normalized spacial score (nSPS) is 11.7. The molecular weight excluding hydrogens is 395 g/mol. The highest BCUT2D eigenvalue weighted by Crippen LogP contribution is 2.29. The van der Waals surface area contributed by atoms with E-state index in [2.05, 4.69) is 9.98 Å². The van der Waals surface area contributed by atoms with Crippen molar-refractivity contribution in [2.75, 3.05) is 13.6 Å². The summed E-state index contributed by atoms with van der Waals surface area (Å²) in [4.78, 5) is 21.8. The van der Waals surface area contributed by atoms with E-state index in [9.17, 15) is 18.0 Å². The van der Waals surface area contributed by atoms with Crippen LogP contribution in [0.5, 0.6) is 0 Å². The number of aryl methyl sites for hydroxylation is 1. The van der Waals surface area contributed by atoms with Crippen molar-refractivity contribution in [2.24, 2.45) is 4.99 Å². The summed E-state index contributed by atoms with van der Waals surface area (Å²) >= 11 is 6.17. The molecule has 1 aromatic heterocycles. The maximum atomic E-state index is 12.7. The summed E-state index contributed by atoms with van der Waals surface area (Å²) in [5.41, 5.74) is 0.555. The Morgan fingerprint density at radius 1 is 1.36 bits per heavy atom. The van der Waals surface area contributed by atoms with Gasteiger partial charge in [0.05, 0.1) is 22.6 Å². The smallest absolute Gasteiger partial charge is 0.433 e. The van der Waals surface area contributed by atoms with Gasteiger partial charge in [0.1, 0.15) is 12.3 Å². The number of hydrogen-bond donors (Lipinski definition) is 0. The Labute approximate surface area is 165 Å². The van der Waals surface area contributed by atoms with E-state index in [1.54, 1.807) is 19.3 Å². The Morgan fingerprint density at radius 2 is 2.07 bits per heavy atom. The van der Waals surface area contributed by atoms with Gasteiger partial charge >= 0.3 is 12.1 Å². The van der Waals surface area contributed by atoms with E-state index in [0.717, 1.165) is 18.8 Å². The van der Waals surface area contributed by atoms with E-state index < -0.39 is 17.8 Å². The van der Waals surface area contributed by atoms with Crippen molar-refractivity contribution in [2.45, 2.75) is 26.6 Å². The van der Waals surface area contributed by atoms with E-state index >= 15 is 0 Å². The second-order valence-electron chi connectivity index (χ2n) is 6.06. The lowest BCUT2D eigenvalue weighted by Gasteiger charge is -2.11. The summed E-state index contributed by atoms with van der Waals surface area (Å²) < 4.78 is 43.2. The first-order valence-electron chi connectivity index (χ1n) is 8.35. The third kappa shape index (κ3) is 5.69. The van der Waals surface area contributed by atoms with Gasteiger partial charge in [0.25, 0.3) is 0 Å². The first-order valence-corrected chi connectivity index (χ1v) is 8.73. The van der Waals surface area contributed by atoms with Gasteiger partial charge in [-0.3, -0.25) is 4.98 Å². The molecule has 5 nitrogen and oxygen atoms in total. The van der Waals surface area contributed by atoms with Crippen molar-refractivity contribution in [3.63, 3.8) is 0 Å². The summed E-state index contributed by atoms with van der Waals surface area (Å²) in [6.07, 6.45) is -1.90. The van der Waals surface area contributed by atoms with E-state index in [1.165, 1.54) is 12.1 Å². The molecule has 0 unspecified atom stereocenters. The van der Waals surface area contributed by atoms with Crippen LogP contribution in [0.15, 0.2) is 35.5 Å². The van der Waals surface area contributed by atoms with Crippen LogP contribution in [0.3, 0.4) is 0 Å². The van der Waals surface area contributed by atoms with Gasteiger partial charge in [-0.05, 0) is 49.2 Å². The first-order chi connectivity index (χ1) is 13.1. The third-order valence-corrected chi connectivity index (χ3v) is 4.20. The van der Waals surface area contributed by atoms with Crippen LogP contribution < -0.4 is 0 Å². The fourth-order valence-electron chi connectivity index (χ4n) is 2.15. The number of pyridine rings is 1. The lowest BCUT2D eigenvalue weighted by atomic mass is 10.1. The van der Waals surface area contributed by atoms with Gasteiger partial charge in [-0.25, -0.2) is 9.79 Å². The molecule has 1 heterocycles. The molecule has 28 heavy (non-hydrogen) atoms. The standard InChI is InChI=1S/C19H19ClF3N3O2/c1-4-26(3)11-25-16-9-15(20)14(7-12(16)2)18(27)28-10-13-5-6-24-17(8-13)19(21,22)23/h5-9,11H,4,10H2,1-3H3/b25-11+. The van der Waals surface area contributed by atoms with Gasteiger partial charge in [0, 0.05) is 19.8 Å². The molecule has 0 radical (unpaired) electrons. The van der Waals surface area contributed by atoms with Crippen LogP contribution in [0.2, 0.25) is 5.02 Å². The number of carbonyl (C=O) groups is 1. The number of aliphatic imine (C=N–C) groups is 1. The maximum Gasteiger partial charge on any atom is 0.433 e. The quantitative estimate of drug-likeness (QED) is 0.378. The number of nitrogens with zero attached hydrogens (tertiary/aromatic N) is 3. The Kier molecular flexibility index (Phi) is 7.01. The molecule has 2 rings (SSSR count). The maximum absolute atomic E-state index is 12.7. The lowest BCUT2D eigenvalue weighted by Crippen LogP contribution is -2.14. The van der Waals surface area contributed by atoms with Crippen molar-refractivity contribution in [1.29, 1.82) is 0 Å². The molecule has 0 saturated carbocycles. The minimum absolute atomic E-state index is 0.118. The molecule has 0 amide bonds. The van der Waals surface area contributed by atoms with Crippen molar-refractivity contribution in [3.8, 4) is 0 Å². The SMILES string of the molecule is CCN(C)/C=N/c1cc(Cl)c(C(=O)OCc2ccnc(C(F)(F)F)c2)cc1C. The monoisotopic (exact) mass is 413 g/mol. The molecule has 1 aromatic carbocycles. The van der Waals surface area contributed by atoms with Gasteiger partial charge in [-0.1, -0.05) is 11.6 Å². The number of alkyl halides is 3. The number of halogens is 4.